The number of hydrogen-bond donors (Lipinski definition) is 11. The predicted molar refractivity (Wildman–Crippen MR) is 247 cm³/mol. The number of nitrogens with zero attached hydrogens (tertiary/aromatic N) is 2. The zero-order chi connectivity index (χ0) is 49.6. The number of carbonyl (C=O) groups is 9. The molecule has 0 spiro atoms. The predicted octanol–water partition coefficient (Wildman–Crippen LogP) is -0.578. The molecule has 2 aliphatic heterocycles. The molecule has 11 N–H and O–H groups in total. The highest BCUT2D eigenvalue weighted by Crippen LogP contribution is 2.21. The summed E-state index contributed by atoms with van der Waals surface area (Å²) in [6, 6.07) is -1.50. The number of aliphatic carboxylic acids is 1. The minimum absolute atomic E-state index is 0.0368. The molecule has 4 rings (SSSR count). The third kappa shape index (κ3) is 17.6. The molecule has 2 aromatic rings. The second-order valence-electron chi connectivity index (χ2n) is 17.4. The summed E-state index contributed by atoms with van der Waals surface area (Å²) in [5, 5.41) is 41.8. The van der Waals surface area contributed by atoms with Gasteiger partial charge in [-0.15, -0.1) is 0 Å². The Labute approximate surface area is 396 Å². The fourth-order valence-corrected chi connectivity index (χ4v) is 8.05. The molecule has 0 bridgehead atoms. The molecule has 374 valence electrons. The van der Waals surface area contributed by atoms with E-state index in [4.69, 9.17) is 0 Å². The Kier molecular flexibility index (Phi) is 22.2. The average Bonchev–Trinajstić information content (AvgIpc) is 4.03. The monoisotopic (exact) mass is 952 g/mol. The van der Waals surface area contributed by atoms with Crippen molar-refractivity contribution in [2.24, 2.45) is 5.92 Å². The van der Waals surface area contributed by atoms with E-state index in [0.29, 0.717) is 69.3 Å². The number of carboxylic acids is 1. The van der Waals surface area contributed by atoms with Crippen LogP contribution in [0, 0.1) is 5.92 Å². The summed E-state index contributed by atoms with van der Waals surface area (Å²) in [7, 11) is 1.55. The lowest BCUT2D eigenvalue weighted by atomic mass is 9.96. The van der Waals surface area contributed by atoms with Crippen LogP contribution in [0.15, 0.2) is 36.8 Å². The molecule has 2 aliphatic rings. The number of nitrogens with one attached hydrogen (secondary N) is 9. The van der Waals surface area contributed by atoms with Gasteiger partial charge in [0, 0.05) is 57.2 Å². The van der Waals surface area contributed by atoms with Crippen molar-refractivity contribution in [3.8, 4) is 5.75 Å². The molecule has 0 unspecified atom stereocenters. The van der Waals surface area contributed by atoms with E-state index >= 15 is 0 Å². The van der Waals surface area contributed by atoms with E-state index in [2.05, 4.69) is 52.5 Å². The second kappa shape index (κ2) is 27.9. The molecule has 2 saturated heterocycles. The smallest absolute Gasteiger partial charge is 0.326 e. The quantitative estimate of drug-likeness (QED) is 0.142. The first-order valence-corrected chi connectivity index (χ1v) is 23.6. The molecule has 1 aromatic heterocycles. The number of imidazole rings is 1. The van der Waals surface area contributed by atoms with E-state index in [1.165, 1.54) is 29.6 Å². The topological polar surface area (TPSA) is 322 Å². The summed E-state index contributed by atoms with van der Waals surface area (Å²) in [5.41, 5.74) is 1.01. The normalized spacial score (nSPS) is 24.6. The number of aromatic nitrogens is 2. The van der Waals surface area contributed by atoms with Gasteiger partial charge in [-0.3, -0.25) is 38.4 Å². The summed E-state index contributed by atoms with van der Waals surface area (Å²) in [5.74, 6) is -6.47. The number of carboxylic acid groups (broad SMARTS) is 1. The van der Waals surface area contributed by atoms with E-state index in [1.807, 2.05) is 0 Å². The van der Waals surface area contributed by atoms with Crippen molar-refractivity contribution in [3.05, 3.63) is 48.0 Å². The Hall–Kier alpha value is -6.58. The number of rotatable bonds is 10. The Balaban J connectivity index is 1.66. The molecular weight excluding hydrogens is 883 g/mol. The number of phenolic OH excluding ortho intramolecular Hbond substituents is 1. The number of benzene rings is 1. The average molecular weight is 952 g/mol. The van der Waals surface area contributed by atoms with Gasteiger partial charge in [0.2, 0.25) is 47.3 Å². The molecular formula is C46H69N11O11. The number of hydrogen-bond acceptors (Lipinski definition) is 12. The summed E-state index contributed by atoms with van der Waals surface area (Å²) in [4.78, 5) is 130. The van der Waals surface area contributed by atoms with Gasteiger partial charge in [-0.2, -0.15) is 0 Å². The van der Waals surface area contributed by atoms with E-state index in [1.54, 1.807) is 33.0 Å². The third-order valence-electron chi connectivity index (χ3n) is 12.1. The third-order valence-corrected chi connectivity index (χ3v) is 12.1. The van der Waals surface area contributed by atoms with Crippen LogP contribution in [0.25, 0.3) is 0 Å². The van der Waals surface area contributed by atoms with Crippen LogP contribution >= 0.6 is 0 Å². The first-order chi connectivity index (χ1) is 32.6. The largest absolute Gasteiger partial charge is 0.508 e. The van der Waals surface area contributed by atoms with Crippen molar-refractivity contribution in [1.82, 2.24) is 57.4 Å². The molecule has 7 atom stereocenters. The number of fused-ring (bicyclic) bond motifs is 1. The summed E-state index contributed by atoms with van der Waals surface area (Å²) in [6.45, 7) is 4.15. The van der Waals surface area contributed by atoms with E-state index < -0.39 is 83.6 Å². The molecule has 22 nitrogen and oxygen atoms in total. The SMILES string of the molecule is CC[C@H](C)[C@@H]1NC(=O)[C@H](Cc2ccc(O)cc2)NC(=O)[C@@H](NC(=O)CNC)CCC(=O)NCCCCCC(=O)NCCCC[C@@H](C(=O)O)NC(=O)[C@@H]2CCCN2C(=O)[C@H](Cc2cnc[nH]2)NC1=O. The summed E-state index contributed by atoms with van der Waals surface area (Å²) >= 11 is 0. The Morgan fingerprint density at radius 2 is 1.47 bits per heavy atom. The maximum Gasteiger partial charge on any atom is 0.326 e. The lowest BCUT2D eigenvalue weighted by Gasteiger charge is -2.31. The molecule has 3 heterocycles. The van der Waals surface area contributed by atoms with Crippen molar-refractivity contribution in [2.45, 2.75) is 140 Å². The Bertz CT molecular complexity index is 2020. The fourth-order valence-electron chi connectivity index (χ4n) is 8.05. The number of H-pyrrole nitrogens is 1. The molecule has 0 aliphatic carbocycles. The van der Waals surface area contributed by atoms with Gasteiger partial charge in [-0.25, -0.2) is 9.78 Å². The summed E-state index contributed by atoms with van der Waals surface area (Å²) < 4.78 is 0. The van der Waals surface area contributed by atoms with Crippen LogP contribution in [-0.4, -0.2) is 148 Å². The van der Waals surface area contributed by atoms with Crippen molar-refractivity contribution in [2.75, 3.05) is 33.2 Å². The number of amides is 8. The van der Waals surface area contributed by atoms with Crippen molar-refractivity contribution in [1.29, 1.82) is 0 Å². The van der Waals surface area contributed by atoms with Crippen molar-refractivity contribution in [3.63, 3.8) is 0 Å². The Morgan fingerprint density at radius 1 is 0.779 bits per heavy atom. The first kappa shape index (κ1) is 54.0. The second-order valence-corrected chi connectivity index (χ2v) is 17.4. The zero-order valence-electron chi connectivity index (χ0n) is 39.2. The van der Waals surface area contributed by atoms with Gasteiger partial charge in [0.15, 0.2) is 0 Å². The van der Waals surface area contributed by atoms with Gasteiger partial charge in [0.1, 0.15) is 42.0 Å². The molecule has 1 aromatic carbocycles. The lowest BCUT2D eigenvalue weighted by molar-refractivity contribution is -0.145. The molecule has 8 amide bonds. The number of phenols is 1. The number of aromatic amines is 1. The van der Waals surface area contributed by atoms with E-state index in [-0.39, 0.29) is 75.6 Å². The molecule has 68 heavy (non-hydrogen) atoms. The standard InChI is InChI=1S/C46H69N11O11/c1-4-28(2)40-44(65)55-35(24-30-25-48-27-51-30)45(66)57-22-10-12-36(57)43(64)53-33(46(67)68)11-7-9-21-49-37(59)13-6-5-8-20-50-38(60)19-18-32(52-39(61)26-47-3)41(62)54-34(42(63)56-40)23-29-14-16-31(58)17-15-29/h14-17,25,27-28,32-36,40,47,58H,4-13,18-24,26H2,1-3H3,(H,48,51)(H,49,59)(H,50,60)(H,52,61)(H,53,64)(H,54,62)(H,55,65)(H,56,63)(H,67,68)/t28-,32-,33-,34-,35-,36-,40-/m0/s1. The highest BCUT2D eigenvalue weighted by atomic mass is 16.4. The molecule has 22 heteroatoms. The Morgan fingerprint density at radius 3 is 2.13 bits per heavy atom. The number of aromatic hydroxyl groups is 1. The van der Waals surface area contributed by atoms with Gasteiger partial charge >= 0.3 is 5.97 Å². The minimum atomic E-state index is -1.35. The van der Waals surface area contributed by atoms with Crippen molar-refractivity contribution >= 4 is 53.2 Å². The maximum absolute atomic E-state index is 14.5. The van der Waals surface area contributed by atoms with E-state index in [9.17, 15) is 53.4 Å². The molecule has 0 saturated carbocycles. The first-order valence-electron chi connectivity index (χ1n) is 23.6. The van der Waals surface area contributed by atoms with Gasteiger partial charge in [-0.1, -0.05) is 38.8 Å². The molecule has 0 radical (unpaired) electrons. The van der Waals surface area contributed by atoms with Crippen LogP contribution in [-0.2, 0) is 56.0 Å². The van der Waals surface area contributed by atoms with Crippen LogP contribution in [0.3, 0.4) is 0 Å². The van der Waals surface area contributed by atoms with Gasteiger partial charge < -0.3 is 62.6 Å². The lowest BCUT2D eigenvalue weighted by Crippen LogP contribution is -2.61. The number of likely N-dealkylation sites (N-methyl/N-ethyl adjacent to an activating group) is 1. The zero-order valence-corrected chi connectivity index (χ0v) is 39.2. The maximum atomic E-state index is 14.5. The van der Waals surface area contributed by atoms with Crippen LogP contribution < -0.4 is 42.5 Å². The van der Waals surface area contributed by atoms with Crippen molar-refractivity contribution < 1.29 is 53.4 Å². The summed E-state index contributed by atoms with van der Waals surface area (Å²) in [6.07, 6.45) is 6.40. The van der Waals surface area contributed by atoms with Gasteiger partial charge in [0.05, 0.1) is 12.9 Å². The van der Waals surface area contributed by atoms with Crippen LogP contribution in [0.5, 0.6) is 5.75 Å². The van der Waals surface area contributed by atoms with Gasteiger partial charge in [-0.05, 0) is 82.0 Å². The van der Waals surface area contributed by atoms with E-state index in [0.717, 1.165) is 0 Å². The van der Waals surface area contributed by atoms with Crippen LogP contribution in [0.4, 0.5) is 0 Å². The van der Waals surface area contributed by atoms with Crippen LogP contribution in [0.1, 0.15) is 102 Å². The highest BCUT2D eigenvalue weighted by molar-refractivity contribution is 5.97. The van der Waals surface area contributed by atoms with Crippen LogP contribution in [0.2, 0.25) is 0 Å². The fraction of sp³-hybridized carbons (Fsp3) is 0.609. The minimum Gasteiger partial charge on any atom is -0.508 e. The molecule has 2 fully saturated rings. The number of carbonyl (C=O) groups excluding carboxylic acids is 8. The highest BCUT2D eigenvalue weighted by Gasteiger charge is 2.40. The van der Waals surface area contributed by atoms with Gasteiger partial charge in [0.25, 0.3) is 0 Å².